The number of rotatable bonds is 3. The molecule has 0 bridgehead atoms. The van der Waals surface area contributed by atoms with Crippen molar-refractivity contribution in [1.82, 2.24) is 4.90 Å². The molecule has 0 heterocycles. The number of alkyl halides is 3. The minimum Gasteiger partial charge on any atom is -0.504 e. The van der Waals surface area contributed by atoms with E-state index in [4.69, 9.17) is 0 Å². The van der Waals surface area contributed by atoms with Gasteiger partial charge in [0.25, 0.3) is 5.91 Å². The van der Waals surface area contributed by atoms with Gasteiger partial charge >= 0.3 is 6.18 Å². The molecule has 7 heteroatoms. The summed E-state index contributed by atoms with van der Waals surface area (Å²) in [5.74, 6) is -2.25. The van der Waals surface area contributed by atoms with Crippen LogP contribution in [0.3, 0.4) is 0 Å². The quantitative estimate of drug-likeness (QED) is 0.821. The van der Waals surface area contributed by atoms with Gasteiger partial charge in [0.1, 0.15) is 6.54 Å². The molecule has 18 heavy (non-hydrogen) atoms. The first-order chi connectivity index (χ1) is 8.26. The van der Waals surface area contributed by atoms with E-state index in [1.807, 2.05) is 0 Å². The number of phenols is 2. The highest BCUT2D eigenvalue weighted by Gasteiger charge is 2.33. The summed E-state index contributed by atoms with van der Waals surface area (Å²) >= 11 is 0. The number of hydrogen-bond acceptors (Lipinski definition) is 3. The van der Waals surface area contributed by atoms with E-state index in [0.29, 0.717) is 4.90 Å². The number of aromatic hydroxyl groups is 2. The molecule has 4 nitrogen and oxygen atoms in total. The van der Waals surface area contributed by atoms with Gasteiger partial charge in [-0.3, -0.25) is 4.79 Å². The Kier molecular flexibility index (Phi) is 4.05. The Bertz CT molecular complexity index is 446. The first kappa shape index (κ1) is 14.1. The zero-order chi connectivity index (χ0) is 13.9. The van der Waals surface area contributed by atoms with Crippen LogP contribution in [0.2, 0.25) is 0 Å². The van der Waals surface area contributed by atoms with Crippen molar-refractivity contribution in [2.45, 2.75) is 13.1 Å². The molecule has 0 aliphatic rings. The molecule has 1 rings (SSSR count). The number of amides is 1. The number of phenolic OH excluding ortho intramolecular Hbond substituents is 2. The van der Waals surface area contributed by atoms with Gasteiger partial charge in [-0.25, -0.2) is 0 Å². The van der Waals surface area contributed by atoms with Gasteiger partial charge in [-0.1, -0.05) is 6.07 Å². The van der Waals surface area contributed by atoms with Gasteiger partial charge in [-0.2, -0.15) is 13.2 Å². The largest absolute Gasteiger partial charge is 0.504 e. The van der Waals surface area contributed by atoms with Crippen LogP contribution in [-0.2, 0) is 0 Å². The predicted molar refractivity (Wildman–Crippen MR) is 57.4 cm³/mol. The Labute approximate surface area is 101 Å². The lowest BCUT2D eigenvalue weighted by atomic mass is 10.1. The fraction of sp³-hybridized carbons (Fsp3) is 0.364. The van der Waals surface area contributed by atoms with Gasteiger partial charge in [0.15, 0.2) is 11.5 Å². The minimum atomic E-state index is -4.52. The number of hydrogen-bond donors (Lipinski definition) is 2. The summed E-state index contributed by atoms with van der Waals surface area (Å²) in [6.07, 6.45) is -4.52. The lowest BCUT2D eigenvalue weighted by molar-refractivity contribution is -0.140. The average Bonchev–Trinajstić information content (AvgIpc) is 2.27. The molecule has 0 aliphatic carbocycles. The predicted octanol–water partition coefficient (Wildman–Crippen LogP) is 2.12. The molecule has 0 radical (unpaired) electrons. The fourth-order valence-electron chi connectivity index (χ4n) is 1.42. The second-order valence-electron chi connectivity index (χ2n) is 3.61. The van der Waals surface area contributed by atoms with Gasteiger partial charge in [-0.05, 0) is 19.1 Å². The molecule has 0 saturated heterocycles. The summed E-state index contributed by atoms with van der Waals surface area (Å²) in [5, 5.41) is 18.6. The third-order valence-electron chi connectivity index (χ3n) is 2.28. The number of carbonyl (C=O) groups excluding carboxylic acids is 1. The molecule has 0 fully saturated rings. The van der Waals surface area contributed by atoms with E-state index < -0.39 is 30.1 Å². The van der Waals surface area contributed by atoms with Gasteiger partial charge in [-0.15, -0.1) is 0 Å². The maximum absolute atomic E-state index is 12.2. The van der Waals surface area contributed by atoms with E-state index in [1.54, 1.807) is 0 Å². The third kappa shape index (κ3) is 3.28. The smallest absolute Gasteiger partial charge is 0.406 e. The van der Waals surface area contributed by atoms with Crippen molar-refractivity contribution in [3.63, 3.8) is 0 Å². The first-order valence-corrected chi connectivity index (χ1v) is 5.13. The van der Waals surface area contributed by atoms with Crippen LogP contribution in [0, 0.1) is 0 Å². The Hall–Kier alpha value is -1.92. The summed E-state index contributed by atoms with van der Waals surface area (Å²) in [4.78, 5) is 12.3. The zero-order valence-corrected chi connectivity index (χ0v) is 9.53. The summed E-state index contributed by atoms with van der Waals surface area (Å²) in [7, 11) is 0. The summed E-state index contributed by atoms with van der Waals surface area (Å²) in [5.41, 5.74) is -0.360. The molecule has 0 aromatic heterocycles. The van der Waals surface area contributed by atoms with Gasteiger partial charge < -0.3 is 15.1 Å². The topological polar surface area (TPSA) is 60.8 Å². The van der Waals surface area contributed by atoms with Crippen molar-refractivity contribution >= 4 is 5.91 Å². The van der Waals surface area contributed by atoms with Crippen LogP contribution in [0.5, 0.6) is 11.5 Å². The lowest BCUT2D eigenvalue weighted by Crippen LogP contribution is -2.38. The molecule has 1 aromatic carbocycles. The van der Waals surface area contributed by atoms with E-state index in [1.165, 1.54) is 13.0 Å². The van der Waals surface area contributed by atoms with Crippen LogP contribution in [0.4, 0.5) is 13.2 Å². The van der Waals surface area contributed by atoms with Crippen molar-refractivity contribution in [3.8, 4) is 11.5 Å². The summed E-state index contributed by atoms with van der Waals surface area (Å²) in [6.45, 7) is -0.172. The fourth-order valence-corrected chi connectivity index (χ4v) is 1.42. The number of para-hydroxylation sites is 1. The van der Waals surface area contributed by atoms with E-state index in [-0.39, 0.29) is 12.1 Å². The van der Waals surface area contributed by atoms with E-state index in [2.05, 4.69) is 0 Å². The van der Waals surface area contributed by atoms with Crippen LogP contribution in [0.25, 0.3) is 0 Å². The van der Waals surface area contributed by atoms with Gasteiger partial charge in [0, 0.05) is 6.54 Å². The molecule has 2 N–H and O–H groups in total. The summed E-state index contributed by atoms with van der Waals surface area (Å²) in [6, 6.07) is 3.55. The van der Waals surface area contributed by atoms with Crippen molar-refractivity contribution in [2.24, 2.45) is 0 Å². The molecular formula is C11H12F3NO3. The number of halogens is 3. The summed E-state index contributed by atoms with van der Waals surface area (Å²) < 4.78 is 36.7. The number of benzene rings is 1. The third-order valence-corrected chi connectivity index (χ3v) is 2.28. The monoisotopic (exact) mass is 263 g/mol. The van der Waals surface area contributed by atoms with Crippen LogP contribution >= 0.6 is 0 Å². The maximum Gasteiger partial charge on any atom is 0.406 e. The highest BCUT2D eigenvalue weighted by atomic mass is 19.4. The van der Waals surface area contributed by atoms with Crippen molar-refractivity contribution < 1.29 is 28.2 Å². The second-order valence-corrected chi connectivity index (χ2v) is 3.61. The molecule has 0 spiro atoms. The Morgan fingerprint density at radius 3 is 2.44 bits per heavy atom. The second kappa shape index (κ2) is 5.16. The lowest BCUT2D eigenvalue weighted by Gasteiger charge is -2.22. The Morgan fingerprint density at radius 1 is 1.33 bits per heavy atom. The average molecular weight is 263 g/mol. The zero-order valence-electron chi connectivity index (χ0n) is 9.53. The molecule has 0 saturated carbocycles. The Morgan fingerprint density at radius 2 is 1.94 bits per heavy atom. The molecule has 0 unspecified atom stereocenters. The number of carbonyl (C=O) groups is 1. The molecule has 0 aliphatic heterocycles. The standard InChI is InChI=1S/C11H12F3NO3/c1-2-15(6-11(12,13)14)10(18)7-4-3-5-8(16)9(7)17/h3-5,16-17H,2,6H2,1H3. The normalized spacial score (nSPS) is 11.3. The van der Waals surface area contributed by atoms with Crippen molar-refractivity contribution in [1.29, 1.82) is 0 Å². The van der Waals surface area contributed by atoms with Crippen molar-refractivity contribution in [2.75, 3.05) is 13.1 Å². The highest BCUT2D eigenvalue weighted by Crippen LogP contribution is 2.29. The minimum absolute atomic E-state index is 0.159. The molecule has 100 valence electrons. The van der Waals surface area contributed by atoms with Crippen molar-refractivity contribution in [3.05, 3.63) is 23.8 Å². The molecular weight excluding hydrogens is 251 g/mol. The highest BCUT2D eigenvalue weighted by molar-refractivity contribution is 5.97. The molecule has 1 amide bonds. The molecule has 1 aromatic rings. The van der Waals surface area contributed by atoms with E-state index >= 15 is 0 Å². The van der Waals surface area contributed by atoms with Crippen LogP contribution < -0.4 is 0 Å². The van der Waals surface area contributed by atoms with Crippen LogP contribution in [0.15, 0.2) is 18.2 Å². The number of nitrogens with zero attached hydrogens (tertiary/aromatic N) is 1. The SMILES string of the molecule is CCN(CC(F)(F)F)C(=O)c1cccc(O)c1O. The molecule has 0 atom stereocenters. The van der Waals surface area contributed by atoms with Crippen LogP contribution in [0.1, 0.15) is 17.3 Å². The first-order valence-electron chi connectivity index (χ1n) is 5.13. The van der Waals surface area contributed by atoms with Crippen LogP contribution in [-0.4, -0.2) is 40.3 Å². The maximum atomic E-state index is 12.2. The van der Waals surface area contributed by atoms with E-state index in [0.717, 1.165) is 12.1 Å². The van der Waals surface area contributed by atoms with E-state index in [9.17, 15) is 28.2 Å². The van der Waals surface area contributed by atoms with Gasteiger partial charge in [0.2, 0.25) is 0 Å². The Balaban J connectivity index is 3.01. The van der Waals surface area contributed by atoms with Gasteiger partial charge in [0.05, 0.1) is 5.56 Å².